The molecule has 2 aromatic rings. The monoisotopic (exact) mass is 395 g/mol. The quantitative estimate of drug-likeness (QED) is 0.697. The van der Waals surface area contributed by atoms with Crippen LogP contribution >= 0.6 is 0 Å². The number of rotatable bonds is 4. The highest BCUT2D eigenvalue weighted by Gasteiger charge is 2.29. The predicted molar refractivity (Wildman–Crippen MR) is 111 cm³/mol. The minimum Gasteiger partial charge on any atom is -0.378 e. The van der Waals surface area contributed by atoms with Crippen molar-refractivity contribution in [2.24, 2.45) is 0 Å². The van der Waals surface area contributed by atoms with E-state index in [9.17, 15) is 4.79 Å². The Morgan fingerprint density at radius 1 is 1.00 bits per heavy atom. The summed E-state index contributed by atoms with van der Waals surface area (Å²) in [5, 5.41) is 9.57. The lowest BCUT2D eigenvalue weighted by molar-refractivity contribution is 0.0966. The number of hydrogen-bond acceptors (Lipinski definition) is 8. The molecule has 3 aliphatic rings. The first-order valence-electron chi connectivity index (χ1n) is 10.1. The fourth-order valence-electron chi connectivity index (χ4n) is 4.08. The summed E-state index contributed by atoms with van der Waals surface area (Å²) in [6, 6.07) is 4.02. The Balaban J connectivity index is 1.38. The molecule has 3 aliphatic heterocycles. The Bertz CT molecular complexity index is 890. The number of amides is 1. The lowest BCUT2D eigenvalue weighted by atomic mass is 10.1. The summed E-state index contributed by atoms with van der Waals surface area (Å²) in [7, 11) is 0. The van der Waals surface area contributed by atoms with E-state index in [-0.39, 0.29) is 5.91 Å². The Hall–Kier alpha value is -2.91. The number of nitrogens with zero attached hydrogens (tertiary/aromatic N) is 4. The molecule has 0 saturated carbocycles. The highest BCUT2D eigenvalue weighted by Crippen LogP contribution is 2.32. The SMILES string of the molecule is O=C1NCc2c(N3CCOCC3)ncc(Nc3ccc(N4CCNCC4)cn3)c21. The lowest BCUT2D eigenvalue weighted by Crippen LogP contribution is -2.43. The number of morpholine rings is 1. The molecule has 9 heteroatoms. The third kappa shape index (κ3) is 3.58. The highest BCUT2D eigenvalue weighted by molar-refractivity contribution is 6.05. The molecule has 29 heavy (non-hydrogen) atoms. The molecule has 0 unspecified atom stereocenters. The number of carbonyl (C=O) groups excluding carboxylic acids is 1. The molecule has 0 atom stereocenters. The average molecular weight is 395 g/mol. The molecule has 0 spiro atoms. The van der Waals surface area contributed by atoms with Crippen molar-refractivity contribution in [3.8, 4) is 0 Å². The zero-order chi connectivity index (χ0) is 19.6. The summed E-state index contributed by atoms with van der Waals surface area (Å²) < 4.78 is 5.44. The van der Waals surface area contributed by atoms with E-state index >= 15 is 0 Å². The standard InChI is InChI=1S/C20H25N7O2/c28-20-18-15(12-24-20)19(27-7-9-29-10-8-27)23-13-16(18)25-17-2-1-14(11-22-17)26-5-3-21-4-6-26/h1-2,11,13,21H,3-10,12H2,(H,22,25)(H,24,28). The summed E-state index contributed by atoms with van der Waals surface area (Å²) in [6.45, 7) is 7.38. The molecule has 3 N–H and O–H groups in total. The van der Waals surface area contributed by atoms with Crippen molar-refractivity contribution in [3.05, 3.63) is 35.7 Å². The molecule has 0 aliphatic carbocycles. The van der Waals surface area contributed by atoms with Gasteiger partial charge in [-0.05, 0) is 12.1 Å². The van der Waals surface area contributed by atoms with Crippen LogP contribution in [-0.2, 0) is 11.3 Å². The van der Waals surface area contributed by atoms with Gasteiger partial charge in [0.25, 0.3) is 5.91 Å². The minimum absolute atomic E-state index is 0.0724. The van der Waals surface area contributed by atoms with Gasteiger partial charge in [0.15, 0.2) is 0 Å². The fourth-order valence-corrected chi connectivity index (χ4v) is 4.08. The van der Waals surface area contributed by atoms with Crippen LogP contribution in [0.15, 0.2) is 24.5 Å². The third-order valence-corrected chi connectivity index (χ3v) is 5.61. The van der Waals surface area contributed by atoms with E-state index in [1.54, 1.807) is 6.20 Å². The third-order valence-electron chi connectivity index (χ3n) is 5.61. The van der Waals surface area contributed by atoms with Gasteiger partial charge in [0.1, 0.15) is 11.6 Å². The second kappa shape index (κ2) is 7.84. The number of piperazine rings is 1. The summed E-state index contributed by atoms with van der Waals surface area (Å²) in [5.74, 6) is 1.50. The number of nitrogens with one attached hydrogen (secondary N) is 3. The molecule has 5 rings (SSSR count). The number of hydrogen-bond donors (Lipinski definition) is 3. The Kier molecular flexibility index (Phi) is 4.91. The van der Waals surface area contributed by atoms with Gasteiger partial charge in [-0.15, -0.1) is 0 Å². The van der Waals surface area contributed by atoms with Crippen LogP contribution in [0.5, 0.6) is 0 Å². The van der Waals surface area contributed by atoms with Crippen molar-refractivity contribution in [2.45, 2.75) is 6.54 Å². The van der Waals surface area contributed by atoms with E-state index in [1.165, 1.54) is 0 Å². The predicted octanol–water partition coefficient (Wildman–Crippen LogP) is 0.710. The van der Waals surface area contributed by atoms with Gasteiger partial charge < -0.3 is 30.5 Å². The average Bonchev–Trinajstić information content (AvgIpc) is 3.18. The fraction of sp³-hybridized carbons (Fsp3) is 0.450. The van der Waals surface area contributed by atoms with Crippen LogP contribution in [0.25, 0.3) is 0 Å². The van der Waals surface area contributed by atoms with Gasteiger partial charge in [-0.1, -0.05) is 0 Å². The normalized spacial score (nSPS) is 19.1. The maximum absolute atomic E-state index is 12.5. The zero-order valence-corrected chi connectivity index (χ0v) is 16.3. The summed E-state index contributed by atoms with van der Waals surface area (Å²) in [5.41, 5.74) is 3.41. The van der Waals surface area contributed by atoms with Crippen molar-refractivity contribution < 1.29 is 9.53 Å². The zero-order valence-electron chi connectivity index (χ0n) is 16.3. The molecule has 5 heterocycles. The van der Waals surface area contributed by atoms with Crippen molar-refractivity contribution in [1.29, 1.82) is 0 Å². The Labute approximate surface area is 169 Å². The first-order chi connectivity index (χ1) is 14.3. The second-order valence-corrected chi connectivity index (χ2v) is 7.39. The molecule has 0 aromatic carbocycles. The van der Waals surface area contributed by atoms with Gasteiger partial charge in [-0.3, -0.25) is 4.79 Å². The summed E-state index contributed by atoms with van der Waals surface area (Å²) >= 11 is 0. The van der Waals surface area contributed by atoms with E-state index in [4.69, 9.17) is 4.74 Å². The number of anilines is 4. The topological polar surface area (TPSA) is 94.7 Å². The Morgan fingerprint density at radius 2 is 1.83 bits per heavy atom. The Morgan fingerprint density at radius 3 is 2.59 bits per heavy atom. The van der Waals surface area contributed by atoms with E-state index < -0.39 is 0 Å². The van der Waals surface area contributed by atoms with Gasteiger partial charge in [0.05, 0.1) is 42.5 Å². The molecular formula is C20H25N7O2. The molecule has 152 valence electrons. The van der Waals surface area contributed by atoms with E-state index in [0.29, 0.717) is 36.8 Å². The van der Waals surface area contributed by atoms with Crippen LogP contribution in [0, 0.1) is 0 Å². The van der Waals surface area contributed by atoms with Crippen LogP contribution in [0.3, 0.4) is 0 Å². The smallest absolute Gasteiger partial charge is 0.254 e. The van der Waals surface area contributed by atoms with E-state index in [1.807, 2.05) is 12.3 Å². The van der Waals surface area contributed by atoms with Gasteiger partial charge in [0.2, 0.25) is 0 Å². The first kappa shape index (κ1) is 18.1. The van der Waals surface area contributed by atoms with Crippen LogP contribution in [0.1, 0.15) is 15.9 Å². The molecule has 2 fully saturated rings. The van der Waals surface area contributed by atoms with Gasteiger partial charge in [0, 0.05) is 51.4 Å². The van der Waals surface area contributed by atoms with Crippen molar-refractivity contribution >= 4 is 28.9 Å². The summed E-state index contributed by atoms with van der Waals surface area (Å²) in [6.07, 6.45) is 3.61. The van der Waals surface area contributed by atoms with E-state index in [0.717, 1.165) is 56.3 Å². The maximum Gasteiger partial charge on any atom is 0.254 e. The molecule has 0 radical (unpaired) electrons. The number of pyridine rings is 2. The van der Waals surface area contributed by atoms with E-state index in [2.05, 4.69) is 41.8 Å². The van der Waals surface area contributed by atoms with Crippen LogP contribution in [-0.4, -0.2) is 68.4 Å². The van der Waals surface area contributed by atoms with Crippen LogP contribution < -0.4 is 25.8 Å². The lowest BCUT2D eigenvalue weighted by Gasteiger charge is -2.29. The first-order valence-corrected chi connectivity index (χ1v) is 10.1. The second-order valence-electron chi connectivity index (χ2n) is 7.39. The van der Waals surface area contributed by atoms with Crippen LogP contribution in [0.2, 0.25) is 0 Å². The van der Waals surface area contributed by atoms with Gasteiger partial charge in [-0.2, -0.15) is 0 Å². The molecule has 9 nitrogen and oxygen atoms in total. The number of fused-ring (bicyclic) bond motifs is 1. The number of carbonyl (C=O) groups is 1. The minimum atomic E-state index is -0.0724. The maximum atomic E-state index is 12.5. The molecular weight excluding hydrogens is 370 g/mol. The van der Waals surface area contributed by atoms with Crippen molar-refractivity contribution in [1.82, 2.24) is 20.6 Å². The molecule has 2 aromatic heterocycles. The van der Waals surface area contributed by atoms with Gasteiger partial charge in [-0.25, -0.2) is 9.97 Å². The summed E-state index contributed by atoms with van der Waals surface area (Å²) in [4.78, 5) is 26.2. The number of aromatic nitrogens is 2. The van der Waals surface area contributed by atoms with Crippen molar-refractivity contribution in [3.63, 3.8) is 0 Å². The highest BCUT2D eigenvalue weighted by atomic mass is 16.5. The molecule has 0 bridgehead atoms. The van der Waals surface area contributed by atoms with Crippen LogP contribution in [0.4, 0.5) is 23.0 Å². The molecule has 2 saturated heterocycles. The van der Waals surface area contributed by atoms with Crippen molar-refractivity contribution in [2.75, 3.05) is 67.6 Å². The molecule has 1 amide bonds. The largest absolute Gasteiger partial charge is 0.378 e. The number of ether oxygens (including phenoxy) is 1. The van der Waals surface area contributed by atoms with Gasteiger partial charge >= 0.3 is 0 Å².